The van der Waals surface area contributed by atoms with Gasteiger partial charge in [0.15, 0.2) is 0 Å². The summed E-state index contributed by atoms with van der Waals surface area (Å²) >= 11 is 3.67. The van der Waals surface area contributed by atoms with Crippen molar-refractivity contribution in [1.82, 2.24) is 0 Å². The molecule has 2 heterocycles. The molecule has 240 valence electrons. The van der Waals surface area contributed by atoms with E-state index in [0.29, 0.717) is 0 Å². The van der Waals surface area contributed by atoms with Crippen molar-refractivity contribution in [2.45, 2.75) is 39.9 Å². The molecule has 9 rings (SSSR count). The summed E-state index contributed by atoms with van der Waals surface area (Å²) in [5.74, 6) is 1.85. The van der Waals surface area contributed by atoms with Crippen LogP contribution in [0.15, 0.2) is 177 Å². The van der Waals surface area contributed by atoms with Gasteiger partial charge in [0.1, 0.15) is 11.5 Å². The fourth-order valence-electron chi connectivity index (χ4n) is 7.31. The number of benzene rings is 7. The molecule has 7 aromatic carbocycles. The summed E-state index contributed by atoms with van der Waals surface area (Å²) in [6.07, 6.45) is 0.827. The molecule has 0 fully saturated rings. The molecule has 0 atom stereocenters. The topological polar surface area (TPSA) is 12.5 Å². The van der Waals surface area contributed by atoms with E-state index in [-0.39, 0.29) is 6.71 Å². The van der Waals surface area contributed by atoms with Crippen molar-refractivity contribution < 1.29 is 4.74 Å². The van der Waals surface area contributed by atoms with Crippen LogP contribution in [-0.4, -0.2) is 6.71 Å². The van der Waals surface area contributed by atoms with Gasteiger partial charge in [0.05, 0.1) is 11.4 Å². The van der Waals surface area contributed by atoms with E-state index in [0.717, 1.165) is 29.3 Å². The molecule has 0 aromatic heterocycles. The van der Waals surface area contributed by atoms with E-state index >= 15 is 0 Å². The van der Waals surface area contributed by atoms with Crippen molar-refractivity contribution in [2.75, 3.05) is 4.90 Å². The Bertz CT molecular complexity index is 2210. The quantitative estimate of drug-likeness (QED) is 0.155. The second-order valence-corrected chi connectivity index (χ2v) is 15.3. The van der Waals surface area contributed by atoms with E-state index in [1.54, 1.807) is 0 Å². The van der Waals surface area contributed by atoms with E-state index in [1.807, 2.05) is 23.5 Å². The minimum atomic E-state index is 0.126. The van der Waals surface area contributed by atoms with Crippen LogP contribution >= 0.6 is 23.5 Å². The minimum absolute atomic E-state index is 0.126. The highest BCUT2D eigenvalue weighted by atomic mass is 32.2. The van der Waals surface area contributed by atoms with Gasteiger partial charge >= 0.3 is 0 Å². The Kier molecular flexibility index (Phi) is 8.03. The number of aryl methyl sites for hydroxylation is 2. The largest absolute Gasteiger partial charge is 0.458 e. The number of ether oxygens (including phenoxy) is 1. The number of hydrogen-bond donors (Lipinski definition) is 0. The van der Waals surface area contributed by atoms with Gasteiger partial charge in [-0.3, -0.25) is 0 Å². The van der Waals surface area contributed by atoms with Crippen molar-refractivity contribution >= 4 is 63.7 Å². The molecule has 50 heavy (non-hydrogen) atoms. The molecule has 5 heteroatoms. The molecule has 2 aliphatic heterocycles. The van der Waals surface area contributed by atoms with Crippen molar-refractivity contribution in [3.05, 3.63) is 180 Å². The number of anilines is 3. The van der Waals surface area contributed by atoms with Gasteiger partial charge in [0.25, 0.3) is 6.71 Å². The average Bonchev–Trinajstić information content (AvgIpc) is 3.14. The van der Waals surface area contributed by atoms with Crippen LogP contribution in [0, 0.1) is 13.8 Å². The standard InChI is InChI=1S/C45H34BNOS2/c1-30-21-23-38(33(25-30)27-32-13-5-3-6-14-32)47(39-24-22-31(2)26-43(39)49-35-15-7-4-8-16-35)34-28-41-45-44(29-34)50-42-20-12-10-18-37(42)46(45)36-17-9-11-19-40(36)48-41/h3-26,28-29H,27H2,1-2H3. The zero-order valence-corrected chi connectivity index (χ0v) is 29.6. The first kappa shape index (κ1) is 30.9. The van der Waals surface area contributed by atoms with Crippen LogP contribution in [0.2, 0.25) is 0 Å². The first-order valence-corrected chi connectivity index (χ1v) is 18.7. The predicted octanol–water partition coefficient (Wildman–Crippen LogP) is 10.6. The predicted molar refractivity (Wildman–Crippen MR) is 212 cm³/mol. The summed E-state index contributed by atoms with van der Waals surface area (Å²) < 4.78 is 6.85. The van der Waals surface area contributed by atoms with Crippen LogP contribution in [0.1, 0.15) is 22.3 Å². The Morgan fingerprint density at radius 1 is 0.600 bits per heavy atom. The van der Waals surface area contributed by atoms with Crippen LogP contribution in [-0.2, 0) is 6.42 Å². The molecule has 0 spiro atoms. The zero-order chi connectivity index (χ0) is 33.6. The molecule has 7 aromatic rings. The molecule has 2 nitrogen and oxygen atoms in total. The molecule has 0 bridgehead atoms. The second kappa shape index (κ2) is 13.0. The third-order valence-corrected chi connectivity index (χ3v) is 11.8. The fourth-order valence-corrected chi connectivity index (χ4v) is 9.56. The van der Waals surface area contributed by atoms with E-state index in [2.05, 4.69) is 176 Å². The highest BCUT2D eigenvalue weighted by molar-refractivity contribution is 8.00. The molecule has 0 saturated carbocycles. The van der Waals surface area contributed by atoms with Gasteiger partial charge in [-0.2, -0.15) is 0 Å². The number of nitrogens with zero attached hydrogens (tertiary/aromatic N) is 1. The third kappa shape index (κ3) is 5.71. The maximum absolute atomic E-state index is 6.85. The number of para-hydroxylation sites is 1. The van der Waals surface area contributed by atoms with E-state index in [1.165, 1.54) is 63.9 Å². The summed E-state index contributed by atoms with van der Waals surface area (Å²) in [5.41, 5.74) is 12.3. The fraction of sp³-hybridized carbons (Fsp3) is 0.0667. The molecule has 0 aliphatic carbocycles. The average molecular weight is 680 g/mol. The Labute approximate surface area is 303 Å². The van der Waals surface area contributed by atoms with Crippen molar-refractivity contribution in [2.24, 2.45) is 0 Å². The number of rotatable bonds is 7. The highest BCUT2D eigenvalue weighted by Gasteiger charge is 2.39. The number of fused-ring (bicyclic) bond motifs is 4. The van der Waals surface area contributed by atoms with Gasteiger partial charge < -0.3 is 9.64 Å². The maximum Gasteiger partial charge on any atom is 0.253 e. The van der Waals surface area contributed by atoms with Crippen molar-refractivity contribution in [3.8, 4) is 11.5 Å². The molecule has 0 N–H and O–H groups in total. The van der Waals surface area contributed by atoms with Crippen LogP contribution in [0.4, 0.5) is 17.1 Å². The van der Waals surface area contributed by atoms with E-state index in [9.17, 15) is 0 Å². The minimum Gasteiger partial charge on any atom is -0.458 e. The normalized spacial score (nSPS) is 12.4. The zero-order valence-electron chi connectivity index (χ0n) is 28.0. The Morgan fingerprint density at radius 3 is 2.10 bits per heavy atom. The molecule has 2 aliphatic rings. The summed E-state index contributed by atoms with van der Waals surface area (Å²) in [4.78, 5) is 7.42. The molecular weight excluding hydrogens is 645 g/mol. The van der Waals surface area contributed by atoms with Gasteiger partial charge in [0, 0.05) is 31.3 Å². The lowest BCUT2D eigenvalue weighted by molar-refractivity contribution is 0.486. The Morgan fingerprint density at radius 2 is 1.28 bits per heavy atom. The lowest BCUT2D eigenvalue weighted by Crippen LogP contribution is -2.57. The summed E-state index contributed by atoms with van der Waals surface area (Å²) in [7, 11) is 0. The first-order chi connectivity index (χ1) is 24.6. The third-order valence-electron chi connectivity index (χ3n) is 9.58. The second-order valence-electron chi connectivity index (χ2n) is 13.1. The maximum atomic E-state index is 6.85. The molecular formula is C45H34BNOS2. The molecule has 0 saturated heterocycles. The Balaban J connectivity index is 1.28. The van der Waals surface area contributed by atoms with Gasteiger partial charge in [0.2, 0.25) is 0 Å². The van der Waals surface area contributed by atoms with Gasteiger partial charge in [-0.15, -0.1) is 0 Å². The van der Waals surface area contributed by atoms with Gasteiger partial charge in [-0.1, -0.05) is 138 Å². The lowest BCUT2D eigenvalue weighted by atomic mass is 9.35. The summed E-state index contributed by atoms with van der Waals surface area (Å²) in [6, 6.07) is 57.3. The SMILES string of the molecule is Cc1ccc(N(c2cc3c4c(c2)Sc2ccccc2B4c2ccccc2O3)c2ccc(C)cc2Sc2ccccc2)c(Cc2ccccc2)c1. The van der Waals surface area contributed by atoms with E-state index in [4.69, 9.17) is 4.74 Å². The lowest BCUT2D eigenvalue weighted by Gasteiger charge is -2.35. The van der Waals surface area contributed by atoms with Crippen LogP contribution in [0.25, 0.3) is 0 Å². The van der Waals surface area contributed by atoms with Crippen LogP contribution < -0.4 is 26.0 Å². The number of hydrogen-bond acceptors (Lipinski definition) is 4. The van der Waals surface area contributed by atoms with Crippen LogP contribution in [0.5, 0.6) is 11.5 Å². The smallest absolute Gasteiger partial charge is 0.253 e. The molecule has 0 radical (unpaired) electrons. The summed E-state index contributed by atoms with van der Waals surface area (Å²) in [6.45, 7) is 4.49. The first-order valence-electron chi connectivity index (χ1n) is 17.1. The van der Waals surface area contributed by atoms with Gasteiger partial charge in [-0.25, -0.2) is 0 Å². The van der Waals surface area contributed by atoms with Crippen molar-refractivity contribution in [1.29, 1.82) is 0 Å². The van der Waals surface area contributed by atoms with Gasteiger partial charge in [-0.05, 0) is 96.4 Å². The molecule has 0 unspecified atom stereocenters. The summed E-state index contributed by atoms with van der Waals surface area (Å²) in [5, 5.41) is 0. The van der Waals surface area contributed by atoms with Crippen molar-refractivity contribution in [3.63, 3.8) is 0 Å². The van der Waals surface area contributed by atoms with Crippen LogP contribution in [0.3, 0.4) is 0 Å². The van der Waals surface area contributed by atoms with E-state index < -0.39 is 0 Å². The monoisotopic (exact) mass is 679 g/mol. The Hall–Kier alpha value is -5.10. The molecule has 0 amide bonds. The highest BCUT2D eigenvalue weighted by Crippen LogP contribution is 2.47.